The van der Waals surface area contributed by atoms with E-state index < -0.39 is 0 Å². The number of hydrogen-bond acceptors (Lipinski definition) is 0. The number of rotatable bonds is 0. The molecule has 0 spiro atoms. The summed E-state index contributed by atoms with van der Waals surface area (Å²) in [5, 5.41) is 3.20. The Kier molecular flexibility index (Phi) is 3.14. The quantitative estimate of drug-likeness (QED) is 0.567. The maximum Gasteiger partial charge on any atom is -0.0419 e. The lowest BCUT2D eigenvalue weighted by Gasteiger charge is -2.30. The van der Waals surface area contributed by atoms with Crippen LogP contribution in [0.2, 0.25) is 0 Å². The van der Waals surface area contributed by atoms with Crippen molar-refractivity contribution in [3.8, 4) is 0 Å². The standard InChI is InChI=1S/C14H24P/c1-9-10(2)12(14(6,7)8)15-11(9)13(3,4)5/h1-8H3/q-1. The molecule has 0 saturated heterocycles. The van der Waals surface area contributed by atoms with Gasteiger partial charge in [-0.3, -0.25) is 0 Å². The second-order valence-electron chi connectivity index (χ2n) is 6.56. The zero-order chi connectivity index (χ0) is 12.0. The summed E-state index contributed by atoms with van der Waals surface area (Å²) in [5.74, 6) is 0. The van der Waals surface area contributed by atoms with Crippen LogP contribution in [0.4, 0.5) is 0 Å². The van der Waals surface area contributed by atoms with Gasteiger partial charge in [-0.2, -0.15) is 10.6 Å². The molecule has 1 heterocycles. The molecule has 1 aromatic rings. The lowest BCUT2D eigenvalue weighted by Crippen LogP contribution is -2.09. The molecule has 0 aromatic carbocycles. The van der Waals surface area contributed by atoms with E-state index in [2.05, 4.69) is 55.4 Å². The molecular formula is C14H24P-. The monoisotopic (exact) mass is 223 g/mol. The molecule has 0 N–H and O–H groups in total. The van der Waals surface area contributed by atoms with Crippen LogP contribution < -0.4 is 0 Å². The molecule has 1 rings (SSSR count). The molecule has 0 fully saturated rings. The van der Waals surface area contributed by atoms with Crippen molar-refractivity contribution in [2.45, 2.75) is 66.2 Å². The zero-order valence-corrected chi connectivity index (χ0v) is 12.3. The lowest BCUT2D eigenvalue weighted by atomic mass is 9.87. The summed E-state index contributed by atoms with van der Waals surface area (Å²) in [7, 11) is 1.46. The van der Waals surface area contributed by atoms with Crippen molar-refractivity contribution in [1.29, 1.82) is 0 Å². The maximum atomic E-state index is 2.32. The van der Waals surface area contributed by atoms with Crippen LogP contribution >= 0.6 is 8.19 Å². The van der Waals surface area contributed by atoms with Crippen molar-refractivity contribution in [2.24, 2.45) is 0 Å². The van der Waals surface area contributed by atoms with Crippen LogP contribution in [0.1, 0.15) is 63.3 Å². The zero-order valence-electron chi connectivity index (χ0n) is 11.4. The highest BCUT2D eigenvalue weighted by molar-refractivity contribution is 7.32. The molecule has 1 aromatic heterocycles. The minimum atomic E-state index is 0.305. The van der Waals surface area contributed by atoms with Gasteiger partial charge in [0.1, 0.15) is 0 Å². The molecule has 15 heavy (non-hydrogen) atoms. The average Bonchev–Trinajstić information content (AvgIpc) is 2.26. The first-order valence-corrected chi connectivity index (χ1v) is 6.59. The molecule has 0 amide bonds. The first-order chi connectivity index (χ1) is 6.55. The molecule has 0 aliphatic carbocycles. The highest BCUT2D eigenvalue weighted by Gasteiger charge is 2.17. The molecule has 0 aliphatic heterocycles. The first kappa shape index (κ1) is 12.8. The fourth-order valence-corrected chi connectivity index (χ4v) is 3.66. The van der Waals surface area contributed by atoms with Gasteiger partial charge in [0, 0.05) is 0 Å². The van der Waals surface area contributed by atoms with Crippen LogP contribution in [0.5, 0.6) is 0 Å². The summed E-state index contributed by atoms with van der Waals surface area (Å²) in [5.41, 5.74) is 3.66. The fraction of sp³-hybridized carbons (Fsp3) is 0.714. The van der Waals surface area contributed by atoms with Crippen molar-refractivity contribution >= 4 is 8.19 Å². The Hall–Kier alpha value is -0.220. The molecule has 0 unspecified atom stereocenters. The highest BCUT2D eigenvalue weighted by atomic mass is 31.0. The van der Waals surface area contributed by atoms with Crippen molar-refractivity contribution < 1.29 is 0 Å². The Balaban J connectivity index is 3.38. The molecule has 0 bridgehead atoms. The summed E-state index contributed by atoms with van der Waals surface area (Å²) < 4.78 is 0. The van der Waals surface area contributed by atoms with Crippen LogP contribution in [0.15, 0.2) is 0 Å². The fourth-order valence-electron chi connectivity index (χ4n) is 2.10. The molecule has 0 atom stereocenters. The van der Waals surface area contributed by atoms with Crippen LogP contribution in [0.3, 0.4) is 0 Å². The van der Waals surface area contributed by atoms with Crippen LogP contribution in [-0.2, 0) is 10.8 Å². The summed E-state index contributed by atoms with van der Waals surface area (Å²) >= 11 is 0. The van der Waals surface area contributed by atoms with E-state index in [4.69, 9.17) is 0 Å². The minimum Gasteiger partial charge on any atom is -0.523 e. The van der Waals surface area contributed by atoms with E-state index in [9.17, 15) is 0 Å². The normalized spacial score (nSPS) is 13.3. The lowest BCUT2D eigenvalue weighted by molar-refractivity contribution is 0.599. The van der Waals surface area contributed by atoms with Gasteiger partial charge in [-0.15, -0.1) is 0 Å². The van der Waals surface area contributed by atoms with Crippen LogP contribution in [0, 0.1) is 13.8 Å². The van der Waals surface area contributed by atoms with Gasteiger partial charge in [-0.05, 0) is 24.7 Å². The van der Waals surface area contributed by atoms with E-state index in [1.807, 2.05) is 0 Å². The molecular weight excluding hydrogens is 199 g/mol. The largest absolute Gasteiger partial charge is 0.523 e. The predicted octanol–water partition coefficient (Wildman–Crippen LogP) is 5.20. The van der Waals surface area contributed by atoms with Crippen molar-refractivity contribution in [3.63, 3.8) is 0 Å². The van der Waals surface area contributed by atoms with E-state index >= 15 is 0 Å². The van der Waals surface area contributed by atoms with Gasteiger partial charge in [0.05, 0.1) is 0 Å². The molecule has 0 radical (unpaired) electrons. The Labute approximate surface area is 96.6 Å². The molecule has 0 aliphatic rings. The number of hydrogen-bond donors (Lipinski definition) is 0. The van der Waals surface area contributed by atoms with E-state index in [1.165, 1.54) is 19.3 Å². The molecule has 86 valence electrons. The van der Waals surface area contributed by atoms with Gasteiger partial charge in [-0.25, -0.2) is 0 Å². The SMILES string of the molecule is Cc1c(C(C)(C)C)[p-]c(C(C)(C)C)c1C. The topological polar surface area (TPSA) is 0 Å². The second kappa shape index (κ2) is 3.67. The van der Waals surface area contributed by atoms with Gasteiger partial charge in [-0.1, -0.05) is 52.7 Å². The predicted molar refractivity (Wildman–Crippen MR) is 71.4 cm³/mol. The molecule has 1 heteroatoms. The van der Waals surface area contributed by atoms with E-state index in [1.54, 1.807) is 10.6 Å². The minimum absolute atomic E-state index is 0.305. The van der Waals surface area contributed by atoms with Crippen molar-refractivity contribution in [3.05, 3.63) is 21.7 Å². The third-order valence-corrected chi connectivity index (χ3v) is 5.38. The second-order valence-corrected chi connectivity index (χ2v) is 7.68. The summed E-state index contributed by atoms with van der Waals surface area (Å²) in [6.07, 6.45) is 0. The Bertz CT molecular complexity index is 321. The van der Waals surface area contributed by atoms with E-state index in [-0.39, 0.29) is 0 Å². The maximum absolute atomic E-state index is 2.32. The van der Waals surface area contributed by atoms with Gasteiger partial charge in [0.2, 0.25) is 0 Å². The summed E-state index contributed by atoms with van der Waals surface area (Å²) in [6, 6.07) is 0. The highest BCUT2D eigenvalue weighted by Crippen LogP contribution is 2.44. The van der Waals surface area contributed by atoms with Gasteiger partial charge >= 0.3 is 0 Å². The third kappa shape index (κ3) is 2.48. The summed E-state index contributed by atoms with van der Waals surface area (Å²) in [4.78, 5) is 0. The van der Waals surface area contributed by atoms with Crippen LogP contribution in [0.25, 0.3) is 0 Å². The molecule has 0 saturated carbocycles. The van der Waals surface area contributed by atoms with Crippen molar-refractivity contribution in [2.75, 3.05) is 0 Å². The van der Waals surface area contributed by atoms with Crippen molar-refractivity contribution in [1.82, 2.24) is 0 Å². The molecule has 0 nitrogen and oxygen atoms in total. The Morgan fingerprint density at radius 3 is 1.07 bits per heavy atom. The third-order valence-electron chi connectivity index (χ3n) is 2.92. The van der Waals surface area contributed by atoms with Crippen LogP contribution in [-0.4, -0.2) is 0 Å². The van der Waals surface area contributed by atoms with Gasteiger partial charge in [0.25, 0.3) is 0 Å². The van der Waals surface area contributed by atoms with E-state index in [0.29, 0.717) is 10.8 Å². The average molecular weight is 223 g/mol. The summed E-state index contributed by atoms with van der Waals surface area (Å²) in [6.45, 7) is 18.5. The smallest absolute Gasteiger partial charge is 0.0419 e. The van der Waals surface area contributed by atoms with Gasteiger partial charge in [0.15, 0.2) is 0 Å². The van der Waals surface area contributed by atoms with Gasteiger partial charge < -0.3 is 8.19 Å². The first-order valence-electron chi connectivity index (χ1n) is 5.70. The Morgan fingerprint density at radius 1 is 0.667 bits per heavy atom. The van der Waals surface area contributed by atoms with E-state index in [0.717, 1.165) is 0 Å². The Morgan fingerprint density at radius 2 is 0.933 bits per heavy atom.